The van der Waals surface area contributed by atoms with Gasteiger partial charge in [0.15, 0.2) is 0 Å². The lowest BCUT2D eigenvalue weighted by atomic mass is 9.90. The Morgan fingerprint density at radius 2 is 2.08 bits per heavy atom. The summed E-state index contributed by atoms with van der Waals surface area (Å²) in [6.07, 6.45) is 5.66. The number of nitrogens with one attached hydrogen (secondary N) is 3. The zero-order chi connectivity index (χ0) is 9.31. The first-order valence-electron chi connectivity index (χ1n) is 5.03. The summed E-state index contributed by atoms with van der Waals surface area (Å²) in [7, 11) is 1.80. The van der Waals surface area contributed by atoms with Gasteiger partial charge in [0.1, 0.15) is 6.17 Å². The quantitative estimate of drug-likeness (QED) is 0.532. The zero-order valence-electron chi connectivity index (χ0n) is 8.02. The third kappa shape index (κ3) is 1.56. The van der Waals surface area contributed by atoms with Gasteiger partial charge in [0.2, 0.25) is 0 Å². The van der Waals surface area contributed by atoms with Crippen molar-refractivity contribution in [3.63, 3.8) is 0 Å². The Hall–Kier alpha value is -0.610. The molecule has 2 rings (SSSR count). The zero-order valence-corrected chi connectivity index (χ0v) is 8.02. The van der Waals surface area contributed by atoms with Crippen molar-refractivity contribution in [2.45, 2.75) is 43.9 Å². The average Bonchev–Trinajstić information content (AvgIpc) is 2.44. The van der Waals surface area contributed by atoms with Crippen LogP contribution in [-0.4, -0.2) is 24.8 Å². The predicted molar refractivity (Wildman–Crippen MR) is 49.9 cm³/mol. The van der Waals surface area contributed by atoms with Gasteiger partial charge in [0, 0.05) is 0 Å². The summed E-state index contributed by atoms with van der Waals surface area (Å²) in [5, 5.41) is 9.35. The molecule has 2 aliphatic rings. The molecule has 1 saturated carbocycles. The summed E-state index contributed by atoms with van der Waals surface area (Å²) in [6.45, 7) is 0. The molecule has 1 aliphatic carbocycles. The molecule has 1 saturated heterocycles. The van der Waals surface area contributed by atoms with Crippen LogP contribution in [0.15, 0.2) is 0 Å². The maximum Gasteiger partial charge on any atom is 0.253 e. The number of carbonyl (C=O) groups is 1. The van der Waals surface area contributed by atoms with E-state index in [0.29, 0.717) is 0 Å². The second kappa shape index (κ2) is 3.27. The van der Waals surface area contributed by atoms with E-state index in [4.69, 9.17) is 0 Å². The summed E-state index contributed by atoms with van der Waals surface area (Å²) in [6, 6.07) is 0. The molecule has 1 heterocycles. The van der Waals surface area contributed by atoms with Crippen molar-refractivity contribution in [2.75, 3.05) is 7.05 Å². The molecular formula is C9H17N3O. The van der Waals surface area contributed by atoms with Gasteiger partial charge < -0.3 is 5.32 Å². The van der Waals surface area contributed by atoms with Gasteiger partial charge in [0.05, 0.1) is 5.66 Å². The first-order chi connectivity index (χ1) is 6.26. The molecular weight excluding hydrogens is 166 g/mol. The van der Waals surface area contributed by atoms with Gasteiger partial charge >= 0.3 is 0 Å². The van der Waals surface area contributed by atoms with Crippen molar-refractivity contribution in [3.8, 4) is 0 Å². The third-order valence-corrected chi connectivity index (χ3v) is 3.04. The first-order valence-corrected chi connectivity index (χ1v) is 5.03. The van der Waals surface area contributed by atoms with Gasteiger partial charge in [-0.2, -0.15) is 0 Å². The maximum atomic E-state index is 11.4. The Morgan fingerprint density at radius 3 is 2.62 bits per heavy atom. The molecule has 1 atom stereocenters. The second-order valence-electron chi connectivity index (χ2n) is 4.00. The van der Waals surface area contributed by atoms with Gasteiger partial charge in [-0.1, -0.05) is 6.42 Å². The minimum atomic E-state index is -0.196. The van der Waals surface area contributed by atoms with Gasteiger partial charge in [-0.3, -0.25) is 15.4 Å². The van der Waals surface area contributed by atoms with Crippen LogP contribution in [0.25, 0.3) is 0 Å². The Labute approximate surface area is 78.5 Å². The van der Waals surface area contributed by atoms with Crippen molar-refractivity contribution in [1.82, 2.24) is 16.0 Å². The Balaban J connectivity index is 2.05. The maximum absolute atomic E-state index is 11.4. The molecule has 0 aromatic rings. The predicted octanol–water partition coefficient (Wildman–Crippen LogP) is -0.0883. The summed E-state index contributed by atoms with van der Waals surface area (Å²) < 4.78 is 0. The highest BCUT2D eigenvalue weighted by Gasteiger charge is 2.43. The van der Waals surface area contributed by atoms with Gasteiger partial charge in [0.25, 0.3) is 5.91 Å². The van der Waals surface area contributed by atoms with E-state index in [2.05, 4.69) is 16.0 Å². The number of rotatable bonds is 1. The Morgan fingerprint density at radius 1 is 1.38 bits per heavy atom. The molecule has 4 nitrogen and oxygen atoms in total. The van der Waals surface area contributed by atoms with Crippen LogP contribution >= 0.6 is 0 Å². The van der Waals surface area contributed by atoms with E-state index in [9.17, 15) is 4.79 Å². The van der Waals surface area contributed by atoms with Crippen molar-refractivity contribution < 1.29 is 4.79 Å². The number of hydrogen-bond acceptors (Lipinski definition) is 3. The molecule has 2 fully saturated rings. The molecule has 4 heteroatoms. The standard InChI is InChI=1S/C9H17N3O/c1-10-7-8(13)12-9(11-7)5-3-2-4-6-9/h7,10-11H,2-6H2,1H3,(H,12,13). The molecule has 74 valence electrons. The van der Waals surface area contributed by atoms with E-state index in [1.165, 1.54) is 19.3 Å². The highest BCUT2D eigenvalue weighted by Crippen LogP contribution is 2.28. The molecule has 1 unspecified atom stereocenters. The van der Waals surface area contributed by atoms with Crippen LogP contribution in [0.2, 0.25) is 0 Å². The number of carbonyl (C=O) groups excluding carboxylic acids is 1. The fourth-order valence-electron chi connectivity index (χ4n) is 2.31. The van der Waals surface area contributed by atoms with Crippen molar-refractivity contribution in [1.29, 1.82) is 0 Å². The Kier molecular flexibility index (Phi) is 2.26. The van der Waals surface area contributed by atoms with Gasteiger partial charge in [-0.05, 0) is 32.7 Å². The number of amides is 1. The smallest absolute Gasteiger partial charge is 0.253 e. The topological polar surface area (TPSA) is 53.2 Å². The monoisotopic (exact) mass is 183 g/mol. The molecule has 0 aromatic heterocycles. The fraction of sp³-hybridized carbons (Fsp3) is 0.889. The van der Waals surface area contributed by atoms with Crippen LogP contribution in [0.3, 0.4) is 0 Å². The van der Waals surface area contributed by atoms with E-state index < -0.39 is 0 Å². The summed E-state index contributed by atoms with van der Waals surface area (Å²) >= 11 is 0. The van der Waals surface area contributed by atoms with Crippen LogP contribution in [0.1, 0.15) is 32.1 Å². The molecule has 0 radical (unpaired) electrons. The Bertz CT molecular complexity index is 211. The summed E-state index contributed by atoms with van der Waals surface area (Å²) in [5.74, 6) is 0.0874. The molecule has 3 N–H and O–H groups in total. The third-order valence-electron chi connectivity index (χ3n) is 3.04. The van der Waals surface area contributed by atoms with Crippen LogP contribution in [0.4, 0.5) is 0 Å². The summed E-state index contributed by atoms with van der Waals surface area (Å²) in [5.41, 5.74) is -0.0942. The lowest BCUT2D eigenvalue weighted by Gasteiger charge is -2.33. The minimum Gasteiger partial charge on any atom is -0.335 e. The second-order valence-corrected chi connectivity index (χ2v) is 4.00. The largest absolute Gasteiger partial charge is 0.335 e. The highest BCUT2D eigenvalue weighted by atomic mass is 16.2. The van der Waals surface area contributed by atoms with Crippen LogP contribution in [-0.2, 0) is 4.79 Å². The average molecular weight is 183 g/mol. The minimum absolute atomic E-state index is 0.0874. The fourth-order valence-corrected chi connectivity index (χ4v) is 2.31. The van der Waals surface area contributed by atoms with Crippen molar-refractivity contribution in [2.24, 2.45) is 0 Å². The first kappa shape index (κ1) is 8.97. The molecule has 1 aliphatic heterocycles. The van der Waals surface area contributed by atoms with E-state index in [1.54, 1.807) is 7.05 Å². The molecule has 0 bridgehead atoms. The lowest BCUT2D eigenvalue weighted by Crippen LogP contribution is -2.52. The lowest BCUT2D eigenvalue weighted by molar-refractivity contribution is -0.121. The molecule has 1 amide bonds. The van der Waals surface area contributed by atoms with Gasteiger partial charge in [-0.15, -0.1) is 0 Å². The van der Waals surface area contributed by atoms with Crippen molar-refractivity contribution >= 4 is 5.91 Å². The van der Waals surface area contributed by atoms with Crippen LogP contribution in [0.5, 0.6) is 0 Å². The van der Waals surface area contributed by atoms with E-state index in [0.717, 1.165) is 12.8 Å². The van der Waals surface area contributed by atoms with Crippen molar-refractivity contribution in [3.05, 3.63) is 0 Å². The SMILES string of the molecule is CNC1NC2(CCCCC2)NC1=O. The van der Waals surface area contributed by atoms with Crippen LogP contribution in [0, 0.1) is 0 Å². The molecule has 1 spiro atoms. The number of likely N-dealkylation sites (N-methyl/N-ethyl adjacent to an activating group) is 1. The van der Waals surface area contributed by atoms with Gasteiger partial charge in [-0.25, -0.2) is 0 Å². The highest BCUT2D eigenvalue weighted by molar-refractivity contribution is 5.84. The molecule has 13 heavy (non-hydrogen) atoms. The van der Waals surface area contributed by atoms with Crippen LogP contribution < -0.4 is 16.0 Å². The normalized spacial score (nSPS) is 32.1. The van der Waals surface area contributed by atoms with E-state index in [1.807, 2.05) is 0 Å². The molecule has 0 aromatic carbocycles. The van der Waals surface area contributed by atoms with E-state index >= 15 is 0 Å². The summed E-state index contributed by atoms with van der Waals surface area (Å²) in [4.78, 5) is 11.4. The van der Waals surface area contributed by atoms with E-state index in [-0.39, 0.29) is 17.7 Å². The number of hydrogen-bond donors (Lipinski definition) is 3.